The predicted molar refractivity (Wildman–Crippen MR) is 80.7 cm³/mol. The average Bonchev–Trinajstić information content (AvgIpc) is 3.03. The van der Waals surface area contributed by atoms with Gasteiger partial charge in [0.2, 0.25) is 0 Å². The molecule has 108 valence electrons. The molecule has 0 radical (unpaired) electrons. The van der Waals surface area contributed by atoms with Gasteiger partial charge in [-0.1, -0.05) is 13.0 Å². The number of aryl methyl sites for hydroxylation is 1. The first-order valence-corrected chi connectivity index (χ1v) is 7.53. The predicted octanol–water partition coefficient (Wildman–Crippen LogP) is 2.80. The van der Waals surface area contributed by atoms with Crippen LogP contribution in [0.1, 0.15) is 44.0 Å². The molecule has 3 rings (SSSR count). The van der Waals surface area contributed by atoms with Crippen molar-refractivity contribution in [3.05, 3.63) is 29.6 Å². The van der Waals surface area contributed by atoms with Crippen molar-refractivity contribution in [3.63, 3.8) is 0 Å². The van der Waals surface area contributed by atoms with Crippen LogP contribution in [0.2, 0.25) is 0 Å². The summed E-state index contributed by atoms with van der Waals surface area (Å²) in [6.45, 7) is 6.71. The fourth-order valence-electron chi connectivity index (χ4n) is 3.09. The third-order valence-electron chi connectivity index (χ3n) is 4.09. The molecule has 2 N–H and O–H groups in total. The van der Waals surface area contributed by atoms with E-state index in [1.807, 2.05) is 0 Å². The minimum Gasteiger partial charge on any atom is -0.378 e. The van der Waals surface area contributed by atoms with Gasteiger partial charge in [0.15, 0.2) is 0 Å². The average molecular weight is 273 g/mol. The van der Waals surface area contributed by atoms with Crippen molar-refractivity contribution in [2.24, 2.45) is 5.73 Å². The molecule has 1 aromatic carbocycles. The largest absolute Gasteiger partial charge is 0.378 e. The van der Waals surface area contributed by atoms with E-state index in [9.17, 15) is 0 Å². The molecule has 0 bridgehead atoms. The van der Waals surface area contributed by atoms with Crippen LogP contribution in [0.25, 0.3) is 11.0 Å². The molecule has 0 spiro atoms. The van der Waals surface area contributed by atoms with Gasteiger partial charge in [0.25, 0.3) is 0 Å². The number of imidazole rings is 1. The second kappa shape index (κ2) is 5.54. The number of fused-ring (bicyclic) bond motifs is 1. The summed E-state index contributed by atoms with van der Waals surface area (Å²) >= 11 is 0. The standard InChI is InChI=1S/C16H23N3O/c1-3-6-19-15-5-4-12(9-17)8-14(15)18-16(19)13-7-11(2)20-10-13/h4-5,8,11,13H,3,6-7,9-10,17H2,1-2H3. The van der Waals surface area contributed by atoms with Gasteiger partial charge in [-0.2, -0.15) is 0 Å². The Morgan fingerprint density at radius 2 is 2.30 bits per heavy atom. The van der Waals surface area contributed by atoms with Gasteiger partial charge in [-0.15, -0.1) is 0 Å². The van der Waals surface area contributed by atoms with Crippen molar-refractivity contribution >= 4 is 11.0 Å². The second-order valence-corrected chi connectivity index (χ2v) is 5.73. The lowest BCUT2D eigenvalue weighted by molar-refractivity contribution is 0.123. The Kier molecular flexibility index (Phi) is 3.76. The van der Waals surface area contributed by atoms with Crippen LogP contribution in [0.4, 0.5) is 0 Å². The Hall–Kier alpha value is -1.39. The maximum absolute atomic E-state index is 5.73. The van der Waals surface area contributed by atoms with E-state index in [1.54, 1.807) is 0 Å². The molecule has 1 aliphatic rings. The fraction of sp³-hybridized carbons (Fsp3) is 0.562. The molecular formula is C16H23N3O. The van der Waals surface area contributed by atoms with Gasteiger partial charge < -0.3 is 15.0 Å². The van der Waals surface area contributed by atoms with Crippen LogP contribution in [0.15, 0.2) is 18.2 Å². The van der Waals surface area contributed by atoms with Gasteiger partial charge in [-0.25, -0.2) is 4.98 Å². The quantitative estimate of drug-likeness (QED) is 0.932. The molecule has 4 nitrogen and oxygen atoms in total. The molecule has 2 unspecified atom stereocenters. The maximum Gasteiger partial charge on any atom is 0.115 e. The van der Waals surface area contributed by atoms with Crippen LogP contribution in [-0.4, -0.2) is 22.3 Å². The highest BCUT2D eigenvalue weighted by Gasteiger charge is 2.28. The van der Waals surface area contributed by atoms with E-state index in [-0.39, 0.29) is 0 Å². The monoisotopic (exact) mass is 273 g/mol. The molecule has 2 heterocycles. The smallest absolute Gasteiger partial charge is 0.115 e. The molecule has 4 heteroatoms. The lowest BCUT2D eigenvalue weighted by Gasteiger charge is -2.11. The van der Waals surface area contributed by atoms with E-state index in [0.717, 1.165) is 37.1 Å². The third kappa shape index (κ3) is 2.34. The highest BCUT2D eigenvalue weighted by atomic mass is 16.5. The molecule has 1 saturated heterocycles. The van der Waals surface area contributed by atoms with Crippen molar-refractivity contribution in [3.8, 4) is 0 Å². The van der Waals surface area contributed by atoms with E-state index in [0.29, 0.717) is 18.6 Å². The first-order valence-electron chi connectivity index (χ1n) is 7.53. The van der Waals surface area contributed by atoms with E-state index < -0.39 is 0 Å². The number of aromatic nitrogens is 2. The Labute approximate surface area is 119 Å². The molecule has 0 amide bonds. The Balaban J connectivity index is 2.07. The third-order valence-corrected chi connectivity index (χ3v) is 4.09. The van der Waals surface area contributed by atoms with Crippen LogP contribution in [-0.2, 0) is 17.8 Å². The first-order chi connectivity index (χ1) is 9.72. The summed E-state index contributed by atoms with van der Waals surface area (Å²) in [5.41, 5.74) is 9.16. The van der Waals surface area contributed by atoms with Crippen molar-refractivity contribution in [1.29, 1.82) is 0 Å². The Bertz CT molecular complexity index is 605. The molecule has 0 aliphatic carbocycles. The minimum atomic E-state index is 0.342. The maximum atomic E-state index is 5.73. The van der Waals surface area contributed by atoms with Crippen LogP contribution < -0.4 is 5.73 Å². The number of hydrogen-bond donors (Lipinski definition) is 1. The number of rotatable bonds is 4. The molecule has 1 aromatic heterocycles. The summed E-state index contributed by atoms with van der Waals surface area (Å²) in [5, 5.41) is 0. The topological polar surface area (TPSA) is 53.1 Å². The summed E-state index contributed by atoms with van der Waals surface area (Å²) in [7, 11) is 0. The summed E-state index contributed by atoms with van der Waals surface area (Å²) in [5.74, 6) is 1.60. The van der Waals surface area contributed by atoms with Gasteiger partial charge in [0.1, 0.15) is 5.82 Å². The first kappa shape index (κ1) is 13.6. The zero-order valence-corrected chi connectivity index (χ0v) is 12.3. The SMILES string of the molecule is CCCn1c(C2COC(C)C2)nc2cc(CN)ccc21. The number of nitrogens with two attached hydrogens (primary N) is 1. The molecule has 2 aromatic rings. The molecule has 2 atom stereocenters. The molecule has 20 heavy (non-hydrogen) atoms. The minimum absolute atomic E-state index is 0.342. The fourth-order valence-corrected chi connectivity index (χ4v) is 3.09. The van der Waals surface area contributed by atoms with E-state index in [4.69, 9.17) is 15.5 Å². The van der Waals surface area contributed by atoms with E-state index in [1.165, 1.54) is 11.3 Å². The van der Waals surface area contributed by atoms with Gasteiger partial charge in [0, 0.05) is 19.0 Å². The van der Waals surface area contributed by atoms with Gasteiger partial charge in [0.05, 0.1) is 23.7 Å². The van der Waals surface area contributed by atoms with Gasteiger partial charge in [-0.3, -0.25) is 0 Å². The highest BCUT2D eigenvalue weighted by Crippen LogP contribution is 2.31. The van der Waals surface area contributed by atoms with Crippen LogP contribution in [0.3, 0.4) is 0 Å². The lowest BCUT2D eigenvalue weighted by atomic mass is 10.1. The van der Waals surface area contributed by atoms with Crippen molar-refractivity contribution in [2.45, 2.75) is 51.8 Å². The summed E-state index contributed by atoms with van der Waals surface area (Å²) < 4.78 is 8.08. The van der Waals surface area contributed by atoms with Gasteiger partial charge >= 0.3 is 0 Å². The zero-order chi connectivity index (χ0) is 14.1. The molecular weight excluding hydrogens is 250 g/mol. The summed E-state index contributed by atoms with van der Waals surface area (Å²) in [6.07, 6.45) is 2.52. The summed E-state index contributed by atoms with van der Waals surface area (Å²) in [4.78, 5) is 4.88. The molecule has 0 saturated carbocycles. The number of benzene rings is 1. The normalized spacial score (nSPS) is 22.8. The van der Waals surface area contributed by atoms with E-state index >= 15 is 0 Å². The highest BCUT2D eigenvalue weighted by molar-refractivity contribution is 5.77. The second-order valence-electron chi connectivity index (χ2n) is 5.73. The Morgan fingerprint density at radius 3 is 2.95 bits per heavy atom. The Morgan fingerprint density at radius 1 is 1.45 bits per heavy atom. The summed E-state index contributed by atoms with van der Waals surface area (Å²) in [6, 6.07) is 6.38. The van der Waals surface area contributed by atoms with Crippen molar-refractivity contribution in [2.75, 3.05) is 6.61 Å². The van der Waals surface area contributed by atoms with E-state index in [2.05, 4.69) is 36.6 Å². The zero-order valence-electron chi connectivity index (χ0n) is 12.3. The number of ether oxygens (including phenoxy) is 1. The number of nitrogens with zero attached hydrogens (tertiary/aromatic N) is 2. The molecule has 1 fully saturated rings. The van der Waals surface area contributed by atoms with Crippen LogP contribution in [0.5, 0.6) is 0 Å². The van der Waals surface area contributed by atoms with Gasteiger partial charge in [-0.05, 0) is 37.5 Å². The molecule has 1 aliphatic heterocycles. The van der Waals surface area contributed by atoms with Crippen molar-refractivity contribution in [1.82, 2.24) is 9.55 Å². The lowest BCUT2D eigenvalue weighted by Crippen LogP contribution is -2.09. The van der Waals surface area contributed by atoms with Crippen LogP contribution >= 0.6 is 0 Å². The van der Waals surface area contributed by atoms with Crippen LogP contribution in [0, 0.1) is 0 Å². The number of hydrogen-bond acceptors (Lipinski definition) is 3. The van der Waals surface area contributed by atoms with Crippen molar-refractivity contribution < 1.29 is 4.74 Å².